The predicted octanol–water partition coefficient (Wildman–Crippen LogP) is 0.150. The number of nitrogens with zero attached hydrogens (tertiary/aromatic N) is 2. The molecule has 3 aliphatic rings. The van der Waals surface area contributed by atoms with Gasteiger partial charge in [0.15, 0.2) is 0 Å². The molecule has 1 aliphatic carbocycles. The summed E-state index contributed by atoms with van der Waals surface area (Å²) in [7, 11) is -1.47. The minimum absolute atomic E-state index is 0.0867. The largest absolute Gasteiger partial charge is 0.475 e. The molecule has 8 heteroatoms. The second-order valence-corrected chi connectivity index (χ2v) is 8.05. The lowest BCUT2D eigenvalue weighted by atomic mass is 9.78. The Kier molecular flexibility index (Phi) is 6.95. The molecule has 0 aromatic rings. The summed E-state index contributed by atoms with van der Waals surface area (Å²) in [6.07, 6.45) is 8.98. The first kappa shape index (κ1) is 19.6. The molecule has 2 aliphatic heterocycles. The van der Waals surface area contributed by atoms with Gasteiger partial charge in [0.2, 0.25) is 11.8 Å². The van der Waals surface area contributed by atoms with Crippen LogP contribution in [0.2, 0.25) is 0 Å². The highest BCUT2D eigenvalue weighted by molar-refractivity contribution is 6.43. The number of piperidine rings is 1. The third-order valence-electron chi connectivity index (χ3n) is 6.19. The van der Waals surface area contributed by atoms with E-state index in [9.17, 15) is 19.6 Å². The Labute approximate surface area is 156 Å². The summed E-state index contributed by atoms with van der Waals surface area (Å²) in [6, 6.07) is 0.139. The van der Waals surface area contributed by atoms with E-state index in [1.165, 1.54) is 6.42 Å². The van der Waals surface area contributed by atoms with Gasteiger partial charge in [0.1, 0.15) is 0 Å². The first-order chi connectivity index (χ1) is 12.6. The van der Waals surface area contributed by atoms with Crippen molar-refractivity contribution in [1.29, 1.82) is 0 Å². The van der Waals surface area contributed by atoms with Crippen molar-refractivity contribution < 1.29 is 19.6 Å². The zero-order chi connectivity index (χ0) is 18.5. The monoisotopic (exact) mass is 365 g/mol. The molecule has 1 saturated carbocycles. The number of hydrogen-bond donors (Lipinski definition) is 3. The summed E-state index contributed by atoms with van der Waals surface area (Å²) in [5.41, 5.74) is 0. The third kappa shape index (κ3) is 4.78. The number of amides is 2. The molecule has 146 valence electrons. The van der Waals surface area contributed by atoms with E-state index in [-0.39, 0.29) is 24.4 Å². The molecule has 2 atom stereocenters. The molecule has 2 saturated heterocycles. The van der Waals surface area contributed by atoms with Gasteiger partial charge in [-0.1, -0.05) is 19.3 Å². The summed E-state index contributed by atoms with van der Waals surface area (Å²) >= 11 is 0. The number of hydrogen-bond acceptors (Lipinski definition) is 5. The number of carbonyl (C=O) groups excluding carboxylic acids is 2. The summed E-state index contributed by atoms with van der Waals surface area (Å²) in [5, 5.41) is 22.1. The number of rotatable bonds is 5. The smallest absolute Gasteiger partial charge is 0.426 e. The first-order valence-electron chi connectivity index (χ1n) is 10.2. The van der Waals surface area contributed by atoms with E-state index in [2.05, 4.69) is 5.32 Å². The van der Waals surface area contributed by atoms with E-state index in [1.807, 2.05) is 4.90 Å². The second-order valence-electron chi connectivity index (χ2n) is 8.05. The molecule has 2 amide bonds. The molecule has 7 nitrogen and oxygen atoms in total. The van der Waals surface area contributed by atoms with Gasteiger partial charge in [0.25, 0.3) is 0 Å². The Morgan fingerprint density at radius 2 is 1.69 bits per heavy atom. The second kappa shape index (κ2) is 9.19. The molecular formula is C18H32BN3O4. The molecule has 1 unspecified atom stereocenters. The minimum atomic E-state index is -1.47. The van der Waals surface area contributed by atoms with Crippen LogP contribution in [0.1, 0.15) is 57.8 Å². The van der Waals surface area contributed by atoms with Gasteiger partial charge in [-0.3, -0.25) is 9.59 Å². The van der Waals surface area contributed by atoms with Crippen LogP contribution in [-0.4, -0.2) is 76.9 Å². The Morgan fingerprint density at radius 1 is 0.962 bits per heavy atom. The summed E-state index contributed by atoms with van der Waals surface area (Å²) in [4.78, 5) is 28.7. The van der Waals surface area contributed by atoms with Crippen LogP contribution in [0.3, 0.4) is 0 Å². The van der Waals surface area contributed by atoms with Crippen LogP contribution in [-0.2, 0) is 9.59 Å². The SMILES string of the molecule is O=C(C1CCCCC1)N1CCCC(NCC(=O)N2CCC[C@H]2B(O)O)C1. The van der Waals surface area contributed by atoms with Gasteiger partial charge in [0.05, 0.1) is 12.5 Å². The number of nitrogens with one attached hydrogen (secondary N) is 1. The number of likely N-dealkylation sites (tertiary alicyclic amines) is 2. The molecule has 0 spiro atoms. The van der Waals surface area contributed by atoms with Crippen molar-refractivity contribution in [3.8, 4) is 0 Å². The van der Waals surface area contributed by atoms with Gasteiger partial charge >= 0.3 is 7.12 Å². The van der Waals surface area contributed by atoms with Gasteiger partial charge in [-0.05, 0) is 38.5 Å². The zero-order valence-corrected chi connectivity index (χ0v) is 15.6. The fourth-order valence-electron chi connectivity index (χ4n) is 4.70. The molecule has 0 bridgehead atoms. The highest BCUT2D eigenvalue weighted by atomic mass is 16.4. The quantitative estimate of drug-likeness (QED) is 0.603. The Bertz CT molecular complexity index is 499. The van der Waals surface area contributed by atoms with E-state index in [1.54, 1.807) is 4.90 Å². The van der Waals surface area contributed by atoms with Crippen molar-refractivity contribution in [2.45, 2.75) is 69.8 Å². The average Bonchev–Trinajstić information content (AvgIpc) is 3.17. The maximum atomic E-state index is 12.7. The predicted molar refractivity (Wildman–Crippen MR) is 99.1 cm³/mol. The maximum absolute atomic E-state index is 12.7. The summed E-state index contributed by atoms with van der Waals surface area (Å²) in [6.45, 7) is 2.28. The molecule has 0 radical (unpaired) electrons. The molecule has 2 heterocycles. The molecular weight excluding hydrogens is 333 g/mol. The van der Waals surface area contributed by atoms with Gasteiger partial charge in [0, 0.05) is 31.6 Å². The molecule has 3 rings (SSSR count). The van der Waals surface area contributed by atoms with Crippen LogP contribution in [0.5, 0.6) is 0 Å². The van der Waals surface area contributed by atoms with E-state index in [4.69, 9.17) is 0 Å². The van der Waals surface area contributed by atoms with Crippen LogP contribution in [0.4, 0.5) is 0 Å². The average molecular weight is 365 g/mol. The highest BCUT2D eigenvalue weighted by Gasteiger charge is 2.37. The summed E-state index contributed by atoms with van der Waals surface area (Å²) in [5.74, 6) is -0.0811. The van der Waals surface area contributed by atoms with Gasteiger partial charge in [-0.25, -0.2) is 0 Å². The van der Waals surface area contributed by atoms with Crippen LogP contribution in [0, 0.1) is 5.92 Å². The van der Waals surface area contributed by atoms with Crippen LogP contribution in [0.15, 0.2) is 0 Å². The van der Waals surface area contributed by atoms with E-state index < -0.39 is 13.1 Å². The van der Waals surface area contributed by atoms with Crippen molar-refractivity contribution in [1.82, 2.24) is 15.1 Å². The zero-order valence-electron chi connectivity index (χ0n) is 15.6. The maximum Gasteiger partial charge on any atom is 0.475 e. The van der Waals surface area contributed by atoms with E-state index in [0.29, 0.717) is 25.4 Å². The van der Waals surface area contributed by atoms with Crippen molar-refractivity contribution in [3.63, 3.8) is 0 Å². The van der Waals surface area contributed by atoms with Crippen molar-refractivity contribution in [2.24, 2.45) is 5.92 Å². The van der Waals surface area contributed by atoms with Crippen LogP contribution >= 0.6 is 0 Å². The van der Waals surface area contributed by atoms with Crippen LogP contribution in [0.25, 0.3) is 0 Å². The lowest BCUT2D eigenvalue weighted by molar-refractivity contribution is -0.138. The fraction of sp³-hybridized carbons (Fsp3) is 0.889. The minimum Gasteiger partial charge on any atom is -0.426 e. The normalized spacial score (nSPS) is 27.6. The Hall–Kier alpha value is -1.12. The van der Waals surface area contributed by atoms with Crippen molar-refractivity contribution in [3.05, 3.63) is 0 Å². The fourth-order valence-corrected chi connectivity index (χ4v) is 4.70. The topological polar surface area (TPSA) is 93.1 Å². The lowest BCUT2D eigenvalue weighted by Crippen LogP contribution is -2.53. The third-order valence-corrected chi connectivity index (χ3v) is 6.19. The molecule has 0 aromatic carbocycles. The van der Waals surface area contributed by atoms with E-state index in [0.717, 1.165) is 51.5 Å². The molecule has 0 aromatic heterocycles. The number of carbonyl (C=O) groups is 2. The van der Waals surface area contributed by atoms with E-state index >= 15 is 0 Å². The van der Waals surface area contributed by atoms with Gasteiger partial charge in [-0.2, -0.15) is 0 Å². The molecule has 3 N–H and O–H groups in total. The lowest BCUT2D eigenvalue weighted by Gasteiger charge is -2.36. The van der Waals surface area contributed by atoms with Crippen molar-refractivity contribution in [2.75, 3.05) is 26.2 Å². The first-order valence-corrected chi connectivity index (χ1v) is 10.2. The van der Waals surface area contributed by atoms with Gasteiger partial charge in [-0.15, -0.1) is 0 Å². The van der Waals surface area contributed by atoms with Crippen LogP contribution < -0.4 is 5.32 Å². The van der Waals surface area contributed by atoms with Crippen molar-refractivity contribution >= 4 is 18.9 Å². The summed E-state index contributed by atoms with van der Waals surface area (Å²) < 4.78 is 0. The highest BCUT2D eigenvalue weighted by Crippen LogP contribution is 2.26. The molecule has 26 heavy (non-hydrogen) atoms. The standard InChI is InChI=1S/C18H32BN3O4/c23-17(22-11-5-9-16(22)19(25)26)12-20-15-8-4-10-21(13-15)18(24)14-6-2-1-3-7-14/h14-16,20,25-26H,1-13H2/t15?,16-/m0/s1. The Balaban J connectivity index is 1.46. The van der Waals surface area contributed by atoms with Gasteiger partial charge < -0.3 is 25.2 Å². The Morgan fingerprint density at radius 3 is 2.42 bits per heavy atom. The molecule has 3 fully saturated rings.